The summed E-state index contributed by atoms with van der Waals surface area (Å²) in [6, 6.07) is 13.6. The van der Waals surface area contributed by atoms with Crippen molar-refractivity contribution >= 4 is 67.9 Å². The van der Waals surface area contributed by atoms with E-state index in [-0.39, 0.29) is 41.6 Å². The van der Waals surface area contributed by atoms with Crippen LogP contribution >= 0.6 is 15.9 Å². The van der Waals surface area contributed by atoms with Gasteiger partial charge in [-0.2, -0.15) is 0 Å². The zero-order valence-electron chi connectivity index (χ0n) is 40.0. The summed E-state index contributed by atoms with van der Waals surface area (Å²) in [5.41, 5.74) is 2.23. The van der Waals surface area contributed by atoms with Gasteiger partial charge in [-0.3, -0.25) is 39.1 Å². The lowest BCUT2D eigenvalue weighted by Gasteiger charge is -2.39. The summed E-state index contributed by atoms with van der Waals surface area (Å²) in [4.78, 5) is 80.2. The summed E-state index contributed by atoms with van der Waals surface area (Å²) in [5.74, 6) is 0.416. The highest BCUT2D eigenvalue weighted by molar-refractivity contribution is 9.10. The molecule has 15 nitrogen and oxygen atoms in total. The fourth-order valence-corrected chi connectivity index (χ4v) is 10.5. The third-order valence-corrected chi connectivity index (χ3v) is 14.5. The number of piperidine rings is 2. The van der Waals surface area contributed by atoms with Crippen molar-refractivity contribution in [3.63, 3.8) is 0 Å². The molecule has 0 spiro atoms. The molecule has 4 aliphatic rings. The van der Waals surface area contributed by atoms with Crippen LogP contribution in [-0.4, -0.2) is 120 Å². The Hall–Kier alpha value is -5.68. The molecule has 1 aromatic heterocycles. The summed E-state index contributed by atoms with van der Waals surface area (Å²) in [5, 5.41) is 6.62. The summed E-state index contributed by atoms with van der Waals surface area (Å²) < 4.78 is 28.4. The lowest BCUT2D eigenvalue weighted by atomic mass is 9.95. The van der Waals surface area contributed by atoms with E-state index in [4.69, 9.17) is 19.4 Å². The minimum Gasteiger partial charge on any atom is -0.493 e. The molecular formula is C52H64BrFN8O7. The Morgan fingerprint density at radius 1 is 0.855 bits per heavy atom. The maximum atomic E-state index is 15.4. The third kappa shape index (κ3) is 12.0. The normalized spacial score (nSPS) is 18.4. The number of nitrogens with one attached hydrogen (secondary N) is 2. The Bertz CT molecular complexity index is 2550. The third-order valence-electron chi connectivity index (χ3n) is 14.0. The molecule has 368 valence electrons. The Morgan fingerprint density at radius 2 is 1.55 bits per heavy atom. The molecular weight excluding hydrogens is 948 g/mol. The van der Waals surface area contributed by atoms with Crippen molar-refractivity contribution in [2.75, 3.05) is 69.7 Å². The number of hydrogen-bond donors (Lipinski definition) is 2. The minimum atomic E-state index is -1.10. The first kappa shape index (κ1) is 49.7. The van der Waals surface area contributed by atoms with Gasteiger partial charge in [-0.25, -0.2) is 14.4 Å². The molecule has 69 heavy (non-hydrogen) atoms. The Morgan fingerprint density at radius 3 is 2.25 bits per heavy atom. The second-order valence-corrected chi connectivity index (χ2v) is 19.8. The van der Waals surface area contributed by atoms with Crippen LogP contribution in [0.1, 0.15) is 129 Å². The zero-order chi connectivity index (χ0) is 48.6. The number of unbranched alkanes of at least 4 members (excludes halogenated alkanes) is 7. The number of anilines is 2. The van der Waals surface area contributed by atoms with Crippen molar-refractivity contribution in [2.45, 2.75) is 109 Å². The van der Waals surface area contributed by atoms with E-state index in [1.54, 1.807) is 7.11 Å². The van der Waals surface area contributed by atoms with Crippen LogP contribution in [-0.2, 0) is 14.4 Å². The first-order chi connectivity index (χ1) is 33.4. The smallest absolute Gasteiger partial charge is 0.262 e. The lowest BCUT2D eigenvalue weighted by molar-refractivity contribution is -0.136. The number of nitrogens with zero attached hydrogens (tertiary/aromatic N) is 6. The molecule has 0 bridgehead atoms. The average molecular weight is 1010 g/mol. The van der Waals surface area contributed by atoms with E-state index in [1.165, 1.54) is 12.5 Å². The molecule has 1 unspecified atom stereocenters. The number of aromatic nitrogens is 2. The number of rotatable bonds is 20. The SMILES string of the molecule is COc1cc2c(N[C@H](C)c3cccc(Br)c3)nc(C)nc2cc1OCCCCCCCCCCC(=O)N1CCC(CN2CCN(c3cc4c(cc3F)C(=O)N(C3CCC(=O)NC3=O)C4=O)CC2)CC1. The molecule has 17 heteroatoms. The number of likely N-dealkylation sites (tertiary alicyclic amines) is 1. The number of aryl methyl sites for hydroxylation is 1. The van der Waals surface area contributed by atoms with Gasteiger partial charge in [0.1, 0.15) is 23.5 Å². The second kappa shape index (κ2) is 22.8. The number of carbonyl (C=O) groups excluding carboxylic acids is 5. The van der Waals surface area contributed by atoms with Crippen molar-refractivity contribution in [3.8, 4) is 11.5 Å². The molecule has 5 amide bonds. The predicted molar refractivity (Wildman–Crippen MR) is 265 cm³/mol. The van der Waals surface area contributed by atoms with E-state index < -0.39 is 35.5 Å². The molecule has 2 N–H and O–H groups in total. The lowest BCUT2D eigenvalue weighted by Crippen LogP contribution is -2.54. The van der Waals surface area contributed by atoms with Crippen molar-refractivity contribution in [3.05, 3.63) is 81.3 Å². The second-order valence-electron chi connectivity index (χ2n) is 18.9. The number of benzene rings is 3. The highest BCUT2D eigenvalue weighted by atomic mass is 79.9. The first-order valence-corrected chi connectivity index (χ1v) is 25.5. The maximum Gasteiger partial charge on any atom is 0.262 e. The standard InChI is InChI=1S/C52H64BrFN8O7/c1-33(36-13-12-14-37(53)27-36)55-49-40-30-45(68-3)46(31-42(40)56-34(2)57-49)69-26-11-9-7-5-4-6-8-10-15-48(64)61-20-18-35(19-21-61)32-59-22-24-60(25-23-59)44-29-39-38(28-41(44)54)51(66)62(52(39)67)43-16-17-47(63)58-50(43)65/h12-14,27-31,33,35,43H,4-11,15-26,32H2,1-3H3,(H,55,56,57)(H,58,63,65)/t33-,43?/m1/s1. The maximum absolute atomic E-state index is 15.4. The van der Waals surface area contributed by atoms with Crippen LogP contribution in [0.15, 0.2) is 53.0 Å². The van der Waals surface area contributed by atoms with E-state index in [9.17, 15) is 24.0 Å². The van der Waals surface area contributed by atoms with Crippen LogP contribution in [0.4, 0.5) is 15.9 Å². The molecule has 0 radical (unpaired) electrons. The van der Waals surface area contributed by atoms with Crippen LogP contribution in [0.25, 0.3) is 10.9 Å². The van der Waals surface area contributed by atoms with E-state index in [0.717, 1.165) is 128 Å². The molecule has 5 heterocycles. The van der Waals surface area contributed by atoms with Crippen LogP contribution < -0.4 is 25.0 Å². The number of ether oxygens (including phenoxy) is 2. The Balaban J connectivity index is 0.673. The van der Waals surface area contributed by atoms with Gasteiger partial charge < -0.3 is 24.6 Å². The molecule has 2 atom stereocenters. The monoisotopic (exact) mass is 1010 g/mol. The number of halogens is 2. The van der Waals surface area contributed by atoms with Gasteiger partial charge in [0.15, 0.2) is 11.5 Å². The minimum absolute atomic E-state index is 0.0195. The molecule has 4 aliphatic heterocycles. The van der Waals surface area contributed by atoms with Crippen LogP contribution in [0.3, 0.4) is 0 Å². The first-order valence-electron chi connectivity index (χ1n) is 24.7. The van der Waals surface area contributed by atoms with Crippen molar-refractivity contribution in [1.82, 2.24) is 30.0 Å². The number of carbonyl (C=O) groups is 5. The topological polar surface area (TPSA) is 167 Å². The summed E-state index contributed by atoms with van der Waals surface area (Å²) in [6.45, 7) is 9.67. The van der Waals surface area contributed by atoms with Gasteiger partial charge in [0, 0.05) is 74.6 Å². The van der Waals surface area contributed by atoms with Gasteiger partial charge in [-0.05, 0) is 87.8 Å². The molecule has 3 fully saturated rings. The highest BCUT2D eigenvalue weighted by Crippen LogP contribution is 2.37. The summed E-state index contributed by atoms with van der Waals surface area (Å²) in [7, 11) is 1.65. The molecule has 0 saturated carbocycles. The number of methoxy groups -OCH3 is 1. The fourth-order valence-electron chi connectivity index (χ4n) is 10.1. The van der Waals surface area contributed by atoms with Gasteiger partial charge in [0.25, 0.3) is 11.8 Å². The highest BCUT2D eigenvalue weighted by Gasteiger charge is 2.45. The van der Waals surface area contributed by atoms with E-state index in [0.29, 0.717) is 49.4 Å². The van der Waals surface area contributed by atoms with Crippen molar-refractivity contribution in [2.24, 2.45) is 5.92 Å². The number of fused-ring (bicyclic) bond motifs is 2. The van der Waals surface area contributed by atoms with Gasteiger partial charge in [0.05, 0.1) is 42.1 Å². The summed E-state index contributed by atoms with van der Waals surface area (Å²) >= 11 is 3.57. The van der Waals surface area contributed by atoms with Gasteiger partial charge >= 0.3 is 0 Å². The molecule has 3 aromatic carbocycles. The van der Waals surface area contributed by atoms with Crippen molar-refractivity contribution < 1.29 is 37.8 Å². The van der Waals surface area contributed by atoms with Gasteiger partial charge in [0.2, 0.25) is 17.7 Å². The number of imide groups is 2. The van der Waals surface area contributed by atoms with E-state index >= 15 is 4.39 Å². The number of amides is 5. The van der Waals surface area contributed by atoms with Crippen LogP contribution in [0.5, 0.6) is 11.5 Å². The predicted octanol–water partition coefficient (Wildman–Crippen LogP) is 8.37. The Kier molecular flexibility index (Phi) is 16.5. The van der Waals surface area contributed by atoms with Crippen LogP contribution in [0.2, 0.25) is 0 Å². The number of hydrogen-bond acceptors (Lipinski definition) is 12. The van der Waals surface area contributed by atoms with E-state index in [1.807, 2.05) is 41.0 Å². The quantitative estimate of drug-likeness (QED) is 0.0643. The average Bonchev–Trinajstić information content (AvgIpc) is 3.57. The number of piperazine rings is 1. The Labute approximate surface area is 412 Å². The molecule has 0 aliphatic carbocycles. The molecule has 3 saturated heterocycles. The summed E-state index contributed by atoms with van der Waals surface area (Å²) in [6.07, 6.45) is 11.2. The fraction of sp³-hybridized carbons (Fsp3) is 0.519. The molecule has 8 rings (SSSR count). The van der Waals surface area contributed by atoms with Gasteiger partial charge in [-0.15, -0.1) is 0 Å². The van der Waals surface area contributed by atoms with Gasteiger partial charge in [-0.1, -0.05) is 66.6 Å². The largest absolute Gasteiger partial charge is 0.493 e. The zero-order valence-corrected chi connectivity index (χ0v) is 41.6. The van der Waals surface area contributed by atoms with Crippen LogP contribution in [0, 0.1) is 18.7 Å². The van der Waals surface area contributed by atoms with Crippen molar-refractivity contribution in [1.29, 1.82) is 0 Å². The molecule has 4 aromatic rings. The van der Waals surface area contributed by atoms with E-state index in [2.05, 4.69) is 50.5 Å².